The summed E-state index contributed by atoms with van der Waals surface area (Å²) in [6.45, 7) is 5.75. The van der Waals surface area contributed by atoms with Gasteiger partial charge in [0, 0.05) is 29.7 Å². The topological polar surface area (TPSA) is 70.8 Å². The van der Waals surface area contributed by atoms with Crippen LogP contribution >= 0.6 is 11.6 Å². The maximum absolute atomic E-state index is 13.3. The van der Waals surface area contributed by atoms with Crippen LogP contribution in [-0.4, -0.2) is 38.9 Å². The monoisotopic (exact) mass is 539 g/mol. The summed E-state index contributed by atoms with van der Waals surface area (Å²) in [5.41, 5.74) is 7.81. The number of nitrogens with two attached hydrogens (primary N) is 1. The SMILES string of the molecule is CCCC(CCC)c1ccc(C(OC(=O)COCCOCCN)(c2ccccc2)c2ccccc2Cl)cc1.[HH]. The molecule has 2 N–H and O–H groups in total. The van der Waals surface area contributed by atoms with Gasteiger partial charge in [0.05, 0.1) is 19.8 Å². The number of hydrogen-bond donors (Lipinski definition) is 1. The fourth-order valence-corrected chi connectivity index (χ4v) is 5.16. The number of hydrogen-bond acceptors (Lipinski definition) is 5. The number of esters is 1. The van der Waals surface area contributed by atoms with Crippen molar-refractivity contribution in [1.82, 2.24) is 0 Å². The lowest BCUT2D eigenvalue weighted by molar-refractivity contribution is -0.159. The zero-order valence-corrected chi connectivity index (χ0v) is 23.3. The van der Waals surface area contributed by atoms with Crippen LogP contribution in [0.15, 0.2) is 78.9 Å². The van der Waals surface area contributed by atoms with E-state index in [4.69, 9.17) is 31.5 Å². The second kappa shape index (κ2) is 15.6. The lowest BCUT2D eigenvalue weighted by Crippen LogP contribution is -2.37. The van der Waals surface area contributed by atoms with Crippen LogP contribution in [-0.2, 0) is 24.6 Å². The van der Waals surface area contributed by atoms with Gasteiger partial charge in [-0.2, -0.15) is 0 Å². The first-order chi connectivity index (χ1) is 18.6. The van der Waals surface area contributed by atoms with Gasteiger partial charge in [-0.05, 0) is 30.4 Å². The van der Waals surface area contributed by atoms with E-state index in [-0.39, 0.29) is 14.6 Å². The minimum absolute atomic E-state index is 0. The van der Waals surface area contributed by atoms with Crippen molar-refractivity contribution in [3.63, 3.8) is 0 Å². The second-order valence-electron chi connectivity index (χ2n) is 9.35. The standard InChI is InChI=1S/C32H40ClNO4.H2/c1-3-10-25(11-4-2)26-16-18-28(19-17-26)32(27-12-6-5-7-13-27,29-14-8-9-15-30(29)33)38-31(35)24-37-23-22-36-21-20-34;/h5-9,12-19,25H,3-4,10-11,20-24,34H2,1-2H3;1H. The van der Waals surface area contributed by atoms with Crippen molar-refractivity contribution in [3.8, 4) is 0 Å². The number of rotatable bonds is 16. The fraction of sp³-hybridized carbons (Fsp3) is 0.406. The first-order valence-electron chi connectivity index (χ1n) is 13.5. The molecule has 0 aliphatic carbocycles. The average Bonchev–Trinajstić information content (AvgIpc) is 2.94. The Morgan fingerprint density at radius 1 is 0.842 bits per heavy atom. The van der Waals surface area contributed by atoms with E-state index < -0.39 is 11.6 Å². The first-order valence-corrected chi connectivity index (χ1v) is 13.9. The van der Waals surface area contributed by atoms with Crippen LogP contribution in [0.5, 0.6) is 0 Å². The predicted octanol–water partition coefficient (Wildman–Crippen LogP) is 7.10. The molecule has 38 heavy (non-hydrogen) atoms. The Balaban J connectivity index is 0.00000533. The van der Waals surface area contributed by atoms with Crippen molar-refractivity contribution in [2.45, 2.75) is 51.0 Å². The van der Waals surface area contributed by atoms with Crippen molar-refractivity contribution in [2.24, 2.45) is 5.73 Å². The summed E-state index contributed by atoms with van der Waals surface area (Å²) < 4.78 is 17.3. The Hall–Kier alpha value is -2.70. The molecule has 0 heterocycles. The van der Waals surface area contributed by atoms with Crippen LogP contribution < -0.4 is 5.73 Å². The number of ether oxygens (including phenoxy) is 3. The minimum atomic E-state index is -1.25. The summed E-state index contributed by atoms with van der Waals surface area (Å²) in [6.07, 6.45) is 4.55. The van der Waals surface area contributed by atoms with Crippen LogP contribution in [0.3, 0.4) is 0 Å². The minimum Gasteiger partial charge on any atom is -0.442 e. The van der Waals surface area contributed by atoms with Crippen molar-refractivity contribution < 1.29 is 20.4 Å². The molecule has 0 saturated heterocycles. The molecule has 0 radical (unpaired) electrons. The van der Waals surface area contributed by atoms with Crippen LogP contribution in [0.25, 0.3) is 0 Å². The molecule has 1 unspecified atom stereocenters. The smallest absolute Gasteiger partial charge is 0.333 e. The average molecular weight is 540 g/mol. The maximum atomic E-state index is 13.3. The summed E-state index contributed by atoms with van der Waals surface area (Å²) >= 11 is 6.78. The number of carbonyl (C=O) groups excluding carboxylic acids is 1. The molecule has 0 fully saturated rings. The van der Waals surface area contributed by atoms with E-state index in [0.29, 0.717) is 36.3 Å². The van der Waals surface area contributed by atoms with Gasteiger partial charge in [0.25, 0.3) is 0 Å². The van der Waals surface area contributed by atoms with Crippen molar-refractivity contribution in [3.05, 3.63) is 106 Å². The van der Waals surface area contributed by atoms with Gasteiger partial charge in [0.2, 0.25) is 0 Å². The van der Waals surface area contributed by atoms with Gasteiger partial charge < -0.3 is 19.9 Å². The van der Waals surface area contributed by atoms with E-state index >= 15 is 0 Å². The van der Waals surface area contributed by atoms with Crippen LogP contribution in [0, 0.1) is 0 Å². The fourth-order valence-electron chi connectivity index (χ4n) is 4.89. The number of benzene rings is 3. The maximum Gasteiger partial charge on any atom is 0.333 e. The van der Waals surface area contributed by atoms with E-state index in [1.54, 1.807) is 0 Å². The summed E-state index contributed by atoms with van der Waals surface area (Å²) in [6, 6.07) is 25.7. The van der Waals surface area contributed by atoms with Crippen LogP contribution in [0.1, 0.15) is 69.1 Å². The van der Waals surface area contributed by atoms with Gasteiger partial charge in [-0.3, -0.25) is 0 Å². The van der Waals surface area contributed by atoms with Gasteiger partial charge in [0.1, 0.15) is 6.61 Å². The van der Waals surface area contributed by atoms with Crippen molar-refractivity contribution in [1.29, 1.82) is 0 Å². The molecule has 3 rings (SSSR count). The lowest BCUT2D eigenvalue weighted by Gasteiger charge is -2.36. The number of carbonyl (C=O) groups is 1. The highest BCUT2D eigenvalue weighted by Gasteiger charge is 2.42. The molecule has 0 amide bonds. The van der Waals surface area contributed by atoms with Crippen LogP contribution in [0.4, 0.5) is 0 Å². The van der Waals surface area contributed by atoms with E-state index in [1.807, 2.05) is 54.6 Å². The molecule has 0 saturated carbocycles. The lowest BCUT2D eigenvalue weighted by atomic mass is 9.79. The van der Waals surface area contributed by atoms with Gasteiger partial charge in [-0.15, -0.1) is 0 Å². The quantitative estimate of drug-likeness (QED) is 0.119. The molecule has 0 aromatic heterocycles. The van der Waals surface area contributed by atoms with Gasteiger partial charge in [-0.25, -0.2) is 4.79 Å². The highest BCUT2D eigenvalue weighted by Crippen LogP contribution is 2.44. The largest absolute Gasteiger partial charge is 0.442 e. The highest BCUT2D eigenvalue weighted by atomic mass is 35.5. The normalized spacial score (nSPS) is 12.9. The van der Waals surface area contributed by atoms with Gasteiger partial charge >= 0.3 is 5.97 Å². The Bertz CT molecular complexity index is 1110. The summed E-state index contributed by atoms with van der Waals surface area (Å²) in [4.78, 5) is 13.3. The van der Waals surface area contributed by atoms with E-state index in [9.17, 15) is 4.79 Å². The summed E-state index contributed by atoms with van der Waals surface area (Å²) in [5.74, 6) is 0.00875. The summed E-state index contributed by atoms with van der Waals surface area (Å²) in [5, 5.41) is 0.513. The molecule has 6 heteroatoms. The molecule has 0 aliphatic heterocycles. The molecule has 3 aromatic carbocycles. The molecule has 3 aromatic rings. The molecule has 0 aliphatic rings. The zero-order chi connectivity index (χ0) is 27.2. The Kier molecular flexibility index (Phi) is 12.3. The molecule has 5 nitrogen and oxygen atoms in total. The molecule has 0 bridgehead atoms. The number of halogens is 1. The molecular weight excluding hydrogens is 498 g/mol. The third-order valence-corrected chi connectivity index (χ3v) is 6.95. The second-order valence-corrected chi connectivity index (χ2v) is 9.76. The molecule has 1 atom stereocenters. The first kappa shape index (κ1) is 29.9. The predicted molar refractivity (Wildman–Crippen MR) is 156 cm³/mol. The molecule has 206 valence electrons. The third kappa shape index (κ3) is 7.67. The van der Waals surface area contributed by atoms with E-state index in [2.05, 4.69) is 38.1 Å². The van der Waals surface area contributed by atoms with Gasteiger partial charge in [-0.1, -0.05) is 111 Å². The summed E-state index contributed by atoms with van der Waals surface area (Å²) in [7, 11) is 0. The zero-order valence-electron chi connectivity index (χ0n) is 22.5. The Morgan fingerprint density at radius 2 is 1.45 bits per heavy atom. The molecule has 0 spiro atoms. The van der Waals surface area contributed by atoms with Gasteiger partial charge in [0.15, 0.2) is 5.60 Å². The highest BCUT2D eigenvalue weighted by molar-refractivity contribution is 6.31. The third-order valence-electron chi connectivity index (χ3n) is 6.62. The van der Waals surface area contributed by atoms with E-state index in [1.165, 1.54) is 5.56 Å². The van der Waals surface area contributed by atoms with E-state index in [0.717, 1.165) is 36.8 Å². The Morgan fingerprint density at radius 3 is 2.08 bits per heavy atom. The van der Waals surface area contributed by atoms with Crippen molar-refractivity contribution in [2.75, 3.05) is 33.0 Å². The molecular formula is C32H42ClNO4. The van der Waals surface area contributed by atoms with Crippen molar-refractivity contribution >= 4 is 17.6 Å². The Labute approximate surface area is 233 Å². The van der Waals surface area contributed by atoms with Crippen LogP contribution in [0.2, 0.25) is 5.02 Å².